The van der Waals surface area contributed by atoms with Gasteiger partial charge in [0, 0.05) is 17.8 Å². The molecular formula is C26H16F3NO3. The van der Waals surface area contributed by atoms with Crippen molar-refractivity contribution in [2.45, 2.75) is 13.3 Å². The van der Waals surface area contributed by atoms with Crippen molar-refractivity contribution in [3.63, 3.8) is 0 Å². The lowest BCUT2D eigenvalue weighted by atomic mass is 9.94. The Morgan fingerprint density at radius 2 is 1.79 bits per heavy atom. The molecule has 0 atom stereocenters. The highest BCUT2D eigenvalue weighted by molar-refractivity contribution is 5.98. The van der Waals surface area contributed by atoms with Gasteiger partial charge in [-0.25, -0.2) is 18.0 Å². The molecule has 4 aromatic rings. The number of fused-ring (bicyclic) bond motifs is 2. The predicted octanol–water partition coefficient (Wildman–Crippen LogP) is 5.51. The first-order valence-corrected chi connectivity index (χ1v) is 10.1. The van der Waals surface area contributed by atoms with Crippen molar-refractivity contribution in [1.29, 1.82) is 0 Å². The number of aromatic carboxylic acids is 1. The number of rotatable bonds is 3. The normalized spacial score (nSPS) is 12.7. The first-order chi connectivity index (χ1) is 15.8. The molecule has 1 heterocycles. The second kappa shape index (κ2) is 7.48. The summed E-state index contributed by atoms with van der Waals surface area (Å²) < 4.78 is 44.8. The van der Waals surface area contributed by atoms with Crippen LogP contribution in [0.25, 0.3) is 28.2 Å². The van der Waals surface area contributed by atoms with Crippen molar-refractivity contribution in [2.75, 3.05) is 0 Å². The third-order valence-corrected chi connectivity index (χ3v) is 5.97. The summed E-state index contributed by atoms with van der Waals surface area (Å²) in [6, 6.07) is 11.5. The maximum Gasteiger partial charge on any atom is 0.341 e. The predicted molar refractivity (Wildman–Crippen MR) is 119 cm³/mol. The maximum absolute atomic E-state index is 15.4. The molecule has 7 heteroatoms. The van der Waals surface area contributed by atoms with Gasteiger partial charge in [-0.05, 0) is 53.8 Å². The van der Waals surface area contributed by atoms with Gasteiger partial charge in [0.1, 0.15) is 23.0 Å². The van der Waals surface area contributed by atoms with Crippen LogP contribution in [0.4, 0.5) is 13.2 Å². The van der Waals surface area contributed by atoms with E-state index in [1.54, 1.807) is 6.92 Å². The lowest BCUT2D eigenvalue weighted by Gasteiger charge is -2.18. The summed E-state index contributed by atoms with van der Waals surface area (Å²) in [6.45, 7) is 1.60. The molecule has 1 aromatic heterocycles. The van der Waals surface area contributed by atoms with Crippen LogP contribution in [0.5, 0.6) is 0 Å². The summed E-state index contributed by atoms with van der Waals surface area (Å²) in [6.07, 6.45) is 3.33. The number of carbonyl (C=O) groups is 1. The molecule has 3 aromatic carbocycles. The first-order valence-electron chi connectivity index (χ1n) is 10.1. The average Bonchev–Trinajstić information content (AvgIpc) is 3.18. The number of pyridine rings is 1. The van der Waals surface area contributed by atoms with E-state index < -0.39 is 34.4 Å². The molecule has 0 radical (unpaired) electrons. The van der Waals surface area contributed by atoms with Crippen LogP contribution < -0.4 is 5.43 Å². The van der Waals surface area contributed by atoms with Gasteiger partial charge in [-0.1, -0.05) is 30.3 Å². The van der Waals surface area contributed by atoms with Crippen molar-refractivity contribution in [1.82, 2.24) is 4.57 Å². The molecule has 0 unspecified atom stereocenters. The highest BCUT2D eigenvalue weighted by Crippen LogP contribution is 2.37. The molecule has 4 nitrogen and oxygen atoms in total. The average molecular weight is 447 g/mol. The fraction of sp³-hybridized carbons (Fsp3) is 0.0769. The van der Waals surface area contributed by atoms with Crippen molar-refractivity contribution in [2.24, 2.45) is 0 Å². The Morgan fingerprint density at radius 1 is 1.03 bits per heavy atom. The standard InChI is InChI=1S/C26H16F3NO3/c1-13-23(16-8-14-4-2-3-5-15(14)9-16)21(29)11-18-24(13)30(12-19(25(18)31)26(32)33)22-7-6-17(27)10-20(22)28/h2-8,10-12H,9H2,1H3,(H,32,33). The monoisotopic (exact) mass is 447 g/mol. The Hall–Kier alpha value is -4.13. The molecule has 0 fully saturated rings. The molecule has 0 spiro atoms. The van der Waals surface area contributed by atoms with Gasteiger partial charge in [0.15, 0.2) is 0 Å². The molecule has 1 N–H and O–H groups in total. The molecule has 33 heavy (non-hydrogen) atoms. The van der Waals surface area contributed by atoms with E-state index in [0.717, 1.165) is 35.5 Å². The topological polar surface area (TPSA) is 59.3 Å². The number of halogens is 3. The van der Waals surface area contributed by atoms with Gasteiger partial charge in [0.05, 0.1) is 16.6 Å². The number of carboxylic acids is 1. The zero-order valence-corrected chi connectivity index (χ0v) is 17.3. The molecular weight excluding hydrogens is 431 g/mol. The minimum atomic E-state index is -1.53. The molecule has 0 amide bonds. The Kier molecular flexibility index (Phi) is 4.70. The van der Waals surface area contributed by atoms with Crippen LogP contribution in [0.2, 0.25) is 0 Å². The maximum atomic E-state index is 15.4. The quantitative estimate of drug-likeness (QED) is 0.451. The van der Waals surface area contributed by atoms with Crippen molar-refractivity contribution >= 4 is 28.5 Å². The van der Waals surface area contributed by atoms with E-state index in [4.69, 9.17) is 0 Å². The van der Waals surface area contributed by atoms with Gasteiger partial charge >= 0.3 is 5.97 Å². The summed E-state index contributed by atoms with van der Waals surface area (Å²) in [5.41, 5.74) is 1.74. The van der Waals surface area contributed by atoms with Gasteiger partial charge in [0.25, 0.3) is 0 Å². The second-order valence-electron chi connectivity index (χ2n) is 7.94. The SMILES string of the molecule is Cc1c(C2=Cc3ccccc3C2)c(F)cc2c(=O)c(C(=O)O)cn(-c3ccc(F)cc3F)c12. The smallest absolute Gasteiger partial charge is 0.341 e. The van der Waals surface area contributed by atoms with Gasteiger partial charge < -0.3 is 9.67 Å². The zero-order chi connectivity index (χ0) is 23.4. The molecule has 164 valence electrons. The number of hydrogen-bond donors (Lipinski definition) is 1. The van der Waals surface area contributed by atoms with Gasteiger partial charge in [-0.15, -0.1) is 0 Å². The van der Waals surface area contributed by atoms with Crippen molar-refractivity contribution in [3.8, 4) is 5.69 Å². The third kappa shape index (κ3) is 3.24. The van der Waals surface area contributed by atoms with Gasteiger partial charge in [-0.2, -0.15) is 0 Å². The summed E-state index contributed by atoms with van der Waals surface area (Å²) in [5, 5.41) is 9.31. The van der Waals surface area contributed by atoms with E-state index in [-0.39, 0.29) is 22.2 Å². The third-order valence-electron chi connectivity index (χ3n) is 5.97. The van der Waals surface area contributed by atoms with Crippen LogP contribution in [-0.2, 0) is 6.42 Å². The fourth-order valence-electron chi connectivity index (χ4n) is 4.50. The Morgan fingerprint density at radius 3 is 2.48 bits per heavy atom. The Labute approximate surface area is 185 Å². The molecule has 1 aliphatic rings. The zero-order valence-electron chi connectivity index (χ0n) is 17.3. The number of hydrogen-bond acceptors (Lipinski definition) is 2. The summed E-state index contributed by atoms with van der Waals surface area (Å²) in [7, 11) is 0. The van der Waals surface area contributed by atoms with Crippen LogP contribution in [0.3, 0.4) is 0 Å². The molecule has 0 saturated heterocycles. The van der Waals surface area contributed by atoms with E-state index in [1.165, 1.54) is 4.57 Å². The molecule has 0 saturated carbocycles. The molecule has 1 aliphatic carbocycles. The Balaban J connectivity index is 1.87. The van der Waals surface area contributed by atoms with Crippen LogP contribution in [0.1, 0.15) is 32.6 Å². The Bertz CT molecular complexity index is 1580. The van der Waals surface area contributed by atoms with E-state index in [2.05, 4.69) is 0 Å². The van der Waals surface area contributed by atoms with Crippen LogP contribution in [0.15, 0.2) is 59.5 Å². The molecule has 0 bridgehead atoms. The molecule has 5 rings (SSSR count). The van der Waals surface area contributed by atoms with E-state index in [0.29, 0.717) is 23.6 Å². The highest BCUT2D eigenvalue weighted by Gasteiger charge is 2.25. The number of allylic oxidation sites excluding steroid dienone is 1. The summed E-state index contributed by atoms with van der Waals surface area (Å²) in [4.78, 5) is 24.6. The van der Waals surface area contributed by atoms with E-state index >= 15 is 4.39 Å². The first kappa shape index (κ1) is 20.8. The number of nitrogens with zero attached hydrogens (tertiary/aromatic N) is 1. The van der Waals surface area contributed by atoms with Gasteiger partial charge in [0.2, 0.25) is 5.43 Å². The molecule has 0 aliphatic heterocycles. The minimum absolute atomic E-state index is 0.156. The second-order valence-corrected chi connectivity index (χ2v) is 7.94. The van der Waals surface area contributed by atoms with E-state index in [9.17, 15) is 23.5 Å². The minimum Gasteiger partial charge on any atom is -0.477 e. The number of benzene rings is 3. The number of carboxylic acid groups (broad SMARTS) is 1. The summed E-state index contributed by atoms with van der Waals surface area (Å²) in [5.74, 6) is -3.97. The van der Waals surface area contributed by atoms with Crippen LogP contribution in [-0.4, -0.2) is 15.6 Å². The highest BCUT2D eigenvalue weighted by atomic mass is 19.1. The van der Waals surface area contributed by atoms with Crippen LogP contribution in [0, 0.1) is 24.4 Å². The van der Waals surface area contributed by atoms with E-state index in [1.807, 2.05) is 30.3 Å². The number of aromatic nitrogens is 1. The van der Waals surface area contributed by atoms with Crippen LogP contribution >= 0.6 is 0 Å². The van der Waals surface area contributed by atoms with Crippen molar-refractivity contribution < 1.29 is 23.1 Å². The number of aryl methyl sites for hydroxylation is 1. The lowest BCUT2D eigenvalue weighted by molar-refractivity contribution is 0.0695. The largest absolute Gasteiger partial charge is 0.477 e. The van der Waals surface area contributed by atoms with Crippen molar-refractivity contribution in [3.05, 3.63) is 110 Å². The van der Waals surface area contributed by atoms with Gasteiger partial charge in [-0.3, -0.25) is 4.79 Å². The fourth-order valence-corrected chi connectivity index (χ4v) is 4.50. The lowest BCUT2D eigenvalue weighted by Crippen LogP contribution is -2.20. The summed E-state index contributed by atoms with van der Waals surface area (Å²) >= 11 is 0.